The van der Waals surface area contributed by atoms with Crippen LogP contribution in [0.3, 0.4) is 0 Å². The maximum atomic E-state index is 4.31. The van der Waals surface area contributed by atoms with E-state index < -0.39 is 0 Å². The van der Waals surface area contributed by atoms with Gasteiger partial charge in [0.2, 0.25) is 0 Å². The molecule has 17 heavy (non-hydrogen) atoms. The Balaban J connectivity index is 2.26. The first kappa shape index (κ1) is 10.1. The van der Waals surface area contributed by atoms with Gasteiger partial charge in [0.05, 0.1) is 0 Å². The Hall–Kier alpha value is -2.09. The number of fused-ring (bicyclic) bond motifs is 1. The second kappa shape index (κ2) is 3.74. The van der Waals surface area contributed by atoms with Gasteiger partial charge in [-0.05, 0) is 48.2 Å². The number of aryl methyl sites for hydroxylation is 2. The Bertz CT molecular complexity index is 680. The van der Waals surface area contributed by atoms with Gasteiger partial charge in [-0.1, -0.05) is 18.2 Å². The van der Waals surface area contributed by atoms with Gasteiger partial charge in [-0.25, -0.2) is 4.98 Å². The molecule has 0 amide bonds. The number of hydrogen-bond donors (Lipinski definition) is 1. The molecule has 0 saturated heterocycles. The van der Waals surface area contributed by atoms with Crippen LogP contribution in [-0.4, -0.2) is 9.97 Å². The zero-order valence-electron chi connectivity index (χ0n) is 9.99. The molecule has 3 aromatic rings. The molecule has 1 aromatic carbocycles. The molecule has 0 unspecified atom stereocenters. The fourth-order valence-electron chi connectivity index (χ4n) is 2.12. The lowest BCUT2D eigenvalue weighted by Gasteiger charge is -2.06. The number of pyridine rings is 1. The van der Waals surface area contributed by atoms with Gasteiger partial charge >= 0.3 is 0 Å². The summed E-state index contributed by atoms with van der Waals surface area (Å²) in [6, 6.07) is 10.7. The number of rotatable bonds is 1. The number of nitrogens with one attached hydrogen (secondary N) is 1. The molecule has 84 valence electrons. The van der Waals surface area contributed by atoms with Crippen molar-refractivity contribution in [3.05, 3.63) is 53.9 Å². The molecule has 0 fully saturated rings. The van der Waals surface area contributed by atoms with Crippen molar-refractivity contribution in [1.29, 1.82) is 0 Å². The third-order valence-electron chi connectivity index (χ3n) is 3.28. The van der Waals surface area contributed by atoms with E-state index >= 15 is 0 Å². The molecule has 0 spiro atoms. The van der Waals surface area contributed by atoms with Crippen molar-refractivity contribution < 1.29 is 0 Å². The third-order valence-corrected chi connectivity index (χ3v) is 3.28. The van der Waals surface area contributed by atoms with Crippen LogP contribution in [0.15, 0.2) is 42.7 Å². The summed E-state index contributed by atoms with van der Waals surface area (Å²) in [6.07, 6.45) is 3.78. The Morgan fingerprint density at radius 2 is 1.88 bits per heavy atom. The minimum absolute atomic E-state index is 0.945. The molecule has 2 heteroatoms. The first-order valence-electron chi connectivity index (χ1n) is 5.75. The molecule has 1 N–H and O–H groups in total. The quantitative estimate of drug-likeness (QED) is 0.665. The van der Waals surface area contributed by atoms with E-state index in [1.165, 1.54) is 27.6 Å². The highest BCUT2D eigenvalue weighted by Gasteiger charge is 2.05. The first-order chi connectivity index (χ1) is 8.25. The topological polar surface area (TPSA) is 28.7 Å². The van der Waals surface area contributed by atoms with E-state index in [2.05, 4.69) is 54.1 Å². The number of aromatic amines is 1. The minimum atomic E-state index is 0.945. The summed E-state index contributed by atoms with van der Waals surface area (Å²) in [5.74, 6) is 0. The van der Waals surface area contributed by atoms with Crippen molar-refractivity contribution in [2.45, 2.75) is 13.8 Å². The van der Waals surface area contributed by atoms with Crippen LogP contribution < -0.4 is 0 Å². The van der Waals surface area contributed by atoms with Crippen LogP contribution in [0.25, 0.3) is 22.2 Å². The van der Waals surface area contributed by atoms with E-state index in [9.17, 15) is 0 Å². The SMILES string of the molecule is Cc1ccc(-c2ccnc3[nH]ccc23)cc1C. The van der Waals surface area contributed by atoms with Crippen LogP contribution >= 0.6 is 0 Å². The van der Waals surface area contributed by atoms with Crippen molar-refractivity contribution >= 4 is 11.0 Å². The van der Waals surface area contributed by atoms with E-state index in [1.807, 2.05) is 12.4 Å². The molecule has 0 atom stereocenters. The molecule has 0 aliphatic carbocycles. The van der Waals surface area contributed by atoms with Crippen molar-refractivity contribution in [2.75, 3.05) is 0 Å². The average molecular weight is 222 g/mol. The van der Waals surface area contributed by atoms with E-state index in [4.69, 9.17) is 0 Å². The van der Waals surface area contributed by atoms with Gasteiger partial charge in [0, 0.05) is 17.8 Å². The van der Waals surface area contributed by atoms with E-state index in [-0.39, 0.29) is 0 Å². The lowest BCUT2D eigenvalue weighted by Crippen LogP contribution is -1.85. The molecule has 0 aliphatic rings. The maximum absolute atomic E-state index is 4.31. The smallest absolute Gasteiger partial charge is 0.137 e. The molecule has 2 nitrogen and oxygen atoms in total. The Morgan fingerprint density at radius 3 is 2.71 bits per heavy atom. The largest absolute Gasteiger partial charge is 0.346 e. The summed E-state index contributed by atoms with van der Waals surface area (Å²) in [4.78, 5) is 7.46. The van der Waals surface area contributed by atoms with Gasteiger partial charge in [0.25, 0.3) is 0 Å². The van der Waals surface area contributed by atoms with Crippen molar-refractivity contribution in [3.63, 3.8) is 0 Å². The predicted molar refractivity (Wildman–Crippen MR) is 71.0 cm³/mol. The average Bonchev–Trinajstić information content (AvgIpc) is 2.80. The lowest BCUT2D eigenvalue weighted by molar-refractivity contribution is 1.32. The van der Waals surface area contributed by atoms with Gasteiger partial charge in [-0.2, -0.15) is 0 Å². The summed E-state index contributed by atoms with van der Waals surface area (Å²) >= 11 is 0. The van der Waals surface area contributed by atoms with E-state index in [1.54, 1.807) is 0 Å². The number of nitrogens with zero attached hydrogens (tertiary/aromatic N) is 1. The number of hydrogen-bond acceptors (Lipinski definition) is 1. The van der Waals surface area contributed by atoms with Crippen molar-refractivity contribution in [3.8, 4) is 11.1 Å². The van der Waals surface area contributed by atoms with Gasteiger partial charge in [0.1, 0.15) is 5.65 Å². The highest BCUT2D eigenvalue weighted by Crippen LogP contribution is 2.28. The Kier molecular flexibility index (Phi) is 2.22. The summed E-state index contributed by atoms with van der Waals surface area (Å²) in [5, 5.41) is 1.18. The number of aromatic nitrogens is 2. The summed E-state index contributed by atoms with van der Waals surface area (Å²) < 4.78 is 0. The molecule has 0 saturated carbocycles. The normalized spacial score (nSPS) is 10.9. The second-order valence-corrected chi connectivity index (χ2v) is 4.40. The molecule has 2 heterocycles. The monoisotopic (exact) mass is 222 g/mol. The van der Waals surface area contributed by atoms with Gasteiger partial charge in [0.15, 0.2) is 0 Å². The van der Waals surface area contributed by atoms with Gasteiger partial charge in [-0.3, -0.25) is 0 Å². The summed E-state index contributed by atoms with van der Waals surface area (Å²) in [6.45, 7) is 4.28. The summed E-state index contributed by atoms with van der Waals surface area (Å²) in [5.41, 5.74) is 6.08. The van der Waals surface area contributed by atoms with Crippen LogP contribution in [-0.2, 0) is 0 Å². The van der Waals surface area contributed by atoms with Gasteiger partial charge in [-0.15, -0.1) is 0 Å². The zero-order valence-corrected chi connectivity index (χ0v) is 9.99. The number of benzene rings is 1. The molecular weight excluding hydrogens is 208 g/mol. The third kappa shape index (κ3) is 1.62. The molecule has 0 aliphatic heterocycles. The van der Waals surface area contributed by atoms with Crippen LogP contribution in [0.5, 0.6) is 0 Å². The highest BCUT2D eigenvalue weighted by molar-refractivity contribution is 5.92. The highest BCUT2D eigenvalue weighted by atomic mass is 14.8. The standard InChI is InChI=1S/C15H14N2/c1-10-3-4-12(9-11(10)2)13-5-7-16-15-14(13)6-8-17-15/h3-9H,1-2H3,(H,16,17). The van der Waals surface area contributed by atoms with E-state index in [0.29, 0.717) is 0 Å². The fraction of sp³-hybridized carbons (Fsp3) is 0.133. The molecule has 0 bridgehead atoms. The van der Waals surface area contributed by atoms with Crippen LogP contribution in [0.1, 0.15) is 11.1 Å². The lowest BCUT2D eigenvalue weighted by atomic mass is 9.99. The van der Waals surface area contributed by atoms with Crippen molar-refractivity contribution in [1.82, 2.24) is 9.97 Å². The maximum Gasteiger partial charge on any atom is 0.137 e. The molecular formula is C15H14N2. The number of H-pyrrole nitrogens is 1. The first-order valence-corrected chi connectivity index (χ1v) is 5.75. The molecule has 3 rings (SSSR count). The predicted octanol–water partition coefficient (Wildman–Crippen LogP) is 3.85. The fourth-order valence-corrected chi connectivity index (χ4v) is 2.12. The zero-order chi connectivity index (χ0) is 11.8. The van der Waals surface area contributed by atoms with Crippen LogP contribution in [0.2, 0.25) is 0 Å². The Morgan fingerprint density at radius 1 is 1.00 bits per heavy atom. The van der Waals surface area contributed by atoms with Gasteiger partial charge < -0.3 is 4.98 Å². The minimum Gasteiger partial charge on any atom is -0.346 e. The van der Waals surface area contributed by atoms with Crippen LogP contribution in [0, 0.1) is 13.8 Å². The molecule has 2 aromatic heterocycles. The van der Waals surface area contributed by atoms with E-state index in [0.717, 1.165) is 5.65 Å². The second-order valence-electron chi connectivity index (χ2n) is 4.40. The molecule has 0 radical (unpaired) electrons. The summed E-state index contributed by atoms with van der Waals surface area (Å²) in [7, 11) is 0. The van der Waals surface area contributed by atoms with Crippen LogP contribution in [0.4, 0.5) is 0 Å². The van der Waals surface area contributed by atoms with Crippen molar-refractivity contribution in [2.24, 2.45) is 0 Å². The Labute approximate surface area is 100 Å².